The molecule has 1 atom stereocenters. The van der Waals surface area contributed by atoms with Gasteiger partial charge in [0.1, 0.15) is 0 Å². The number of hydrogen-bond donors (Lipinski definition) is 1. The summed E-state index contributed by atoms with van der Waals surface area (Å²) >= 11 is 9.28. The van der Waals surface area contributed by atoms with Gasteiger partial charge in [-0.3, -0.25) is 4.79 Å². The molecule has 3 rings (SSSR count). The van der Waals surface area contributed by atoms with Crippen molar-refractivity contribution in [3.8, 4) is 0 Å². The number of aliphatic carboxylic acids is 1. The van der Waals surface area contributed by atoms with Crippen LogP contribution >= 0.6 is 35.1 Å². The van der Waals surface area contributed by atoms with Gasteiger partial charge in [0.05, 0.1) is 16.8 Å². The van der Waals surface area contributed by atoms with Crippen molar-refractivity contribution >= 4 is 52.1 Å². The van der Waals surface area contributed by atoms with Gasteiger partial charge in [0.25, 0.3) is 0 Å². The predicted molar refractivity (Wildman–Crippen MR) is 84.1 cm³/mol. The summed E-state index contributed by atoms with van der Waals surface area (Å²) in [5.41, 5.74) is 1.87. The zero-order valence-electron chi connectivity index (χ0n) is 10.6. The Morgan fingerprint density at radius 1 is 1.60 bits per heavy atom. The molecule has 0 bridgehead atoms. The second kappa shape index (κ2) is 5.87. The number of carboxylic acids is 1. The molecule has 0 radical (unpaired) electrons. The number of rotatable bonds is 4. The van der Waals surface area contributed by atoms with Crippen molar-refractivity contribution < 1.29 is 9.90 Å². The van der Waals surface area contributed by atoms with Crippen LogP contribution in [0.15, 0.2) is 23.4 Å². The third-order valence-corrected chi connectivity index (χ3v) is 5.53. The molecule has 7 heteroatoms. The van der Waals surface area contributed by atoms with E-state index in [1.54, 1.807) is 0 Å². The third-order valence-electron chi connectivity index (χ3n) is 3.21. The molecule has 20 heavy (non-hydrogen) atoms. The molecule has 1 N–H and O–H groups in total. The monoisotopic (exact) mass is 328 g/mol. The number of aromatic nitrogens is 2. The summed E-state index contributed by atoms with van der Waals surface area (Å²) in [6, 6.07) is 5.99. The van der Waals surface area contributed by atoms with E-state index < -0.39 is 5.97 Å². The highest BCUT2D eigenvalue weighted by molar-refractivity contribution is 8.00. The highest BCUT2D eigenvalue weighted by Crippen LogP contribution is 2.36. The van der Waals surface area contributed by atoms with Crippen molar-refractivity contribution in [3.63, 3.8) is 0 Å². The second-order valence-corrected chi connectivity index (χ2v) is 7.13. The van der Waals surface area contributed by atoms with E-state index in [0.29, 0.717) is 11.1 Å². The first-order valence-corrected chi connectivity index (χ1v) is 8.77. The summed E-state index contributed by atoms with van der Waals surface area (Å²) in [6.45, 7) is 0. The van der Waals surface area contributed by atoms with E-state index in [0.717, 1.165) is 34.1 Å². The quantitative estimate of drug-likeness (QED) is 0.870. The molecule has 1 aliphatic heterocycles. The Labute approximate surface area is 129 Å². The van der Waals surface area contributed by atoms with E-state index in [-0.39, 0.29) is 5.75 Å². The number of carboxylic acid groups (broad SMARTS) is 1. The van der Waals surface area contributed by atoms with Crippen molar-refractivity contribution in [1.29, 1.82) is 0 Å². The standard InChI is InChI=1S/C13H13ClN2O2S2/c14-8-1-2-10-11(5-8)16(9-3-4-19-6-9)13(15-10)20-7-12(17)18/h1-2,5,9H,3-4,6-7H2,(H,17,18). The number of hydrogen-bond acceptors (Lipinski definition) is 4. The molecule has 1 unspecified atom stereocenters. The van der Waals surface area contributed by atoms with Gasteiger partial charge in [-0.25, -0.2) is 4.98 Å². The Balaban J connectivity index is 2.06. The molecular weight excluding hydrogens is 316 g/mol. The van der Waals surface area contributed by atoms with Gasteiger partial charge in [0.2, 0.25) is 0 Å². The largest absolute Gasteiger partial charge is 0.481 e. The van der Waals surface area contributed by atoms with E-state index in [2.05, 4.69) is 9.55 Å². The Morgan fingerprint density at radius 3 is 3.15 bits per heavy atom. The fourth-order valence-corrected chi connectivity index (χ4v) is 4.51. The minimum atomic E-state index is -0.826. The van der Waals surface area contributed by atoms with Crippen molar-refractivity contribution in [2.75, 3.05) is 17.3 Å². The van der Waals surface area contributed by atoms with Gasteiger partial charge < -0.3 is 9.67 Å². The maximum atomic E-state index is 10.8. The summed E-state index contributed by atoms with van der Waals surface area (Å²) in [7, 11) is 0. The van der Waals surface area contributed by atoms with Crippen LogP contribution in [0.25, 0.3) is 11.0 Å². The van der Waals surface area contributed by atoms with Crippen LogP contribution < -0.4 is 0 Å². The molecule has 106 valence electrons. The van der Waals surface area contributed by atoms with Gasteiger partial charge in [-0.2, -0.15) is 11.8 Å². The highest BCUT2D eigenvalue weighted by Gasteiger charge is 2.23. The van der Waals surface area contributed by atoms with Gasteiger partial charge in [0, 0.05) is 16.8 Å². The van der Waals surface area contributed by atoms with Crippen molar-refractivity contribution in [3.05, 3.63) is 23.2 Å². The summed E-state index contributed by atoms with van der Waals surface area (Å²) < 4.78 is 2.16. The van der Waals surface area contributed by atoms with Gasteiger partial charge in [-0.1, -0.05) is 23.4 Å². The Hall–Kier alpha value is -0.850. The molecule has 0 spiro atoms. The minimum Gasteiger partial charge on any atom is -0.481 e. The van der Waals surface area contributed by atoms with Crippen LogP contribution in [0.3, 0.4) is 0 Å². The van der Waals surface area contributed by atoms with E-state index in [1.165, 1.54) is 11.8 Å². The fourth-order valence-electron chi connectivity index (χ4n) is 2.35. The molecule has 1 aromatic heterocycles. The molecule has 0 saturated carbocycles. The second-order valence-electron chi connectivity index (χ2n) is 4.60. The number of halogens is 1. The molecule has 0 amide bonds. The van der Waals surface area contributed by atoms with Crippen molar-refractivity contribution in [2.45, 2.75) is 17.6 Å². The summed E-state index contributed by atoms with van der Waals surface area (Å²) in [5, 5.41) is 10.3. The zero-order valence-corrected chi connectivity index (χ0v) is 13.0. The fraction of sp³-hybridized carbons (Fsp3) is 0.385. The minimum absolute atomic E-state index is 0.0247. The number of thioether (sulfide) groups is 2. The Morgan fingerprint density at radius 2 is 2.45 bits per heavy atom. The van der Waals surface area contributed by atoms with Crippen LogP contribution in [-0.2, 0) is 4.79 Å². The van der Waals surface area contributed by atoms with E-state index >= 15 is 0 Å². The smallest absolute Gasteiger partial charge is 0.313 e. The maximum absolute atomic E-state index is 10.8. The summed E-state index contributed by atoms with van der Waals surface area (Å²) in [5.74, 6) is 1.37. The first kappa shape index (κ1) is 14.1. The van der Waals surface area contributed by atoms with Crippen LogP contribution in [0.1, 0.15) is 12.5 Å². The van der Waals surface area contributed by atoms with E-state index in [4.69, 9.17) is 16.7 Å². The SMILES string of the molecule is O=C(O)CSc1nc2ccc(Cl)cc2n1C1CCSC1. The lowest BCUT2D eigenvalue weighted by molar-refractivity contribution is -0.133. The molecule has 1 fully saturated rings. The average molecular weight is 329 g/mol. The predicted octanol–water partition coefficient (Wildman–Crippen LogP) is 3.54. The molecule has 4 nitrogen and oxygen atoms in total. The number of benzene rings is 1. The van der Waals surface area contributed by atoms with Gasteiger partial charge in [0.15, 0.2) is 5.16 Å². The Kier molecular flexibility index (Phi) is 4.14. The first-order chi connectivity index (χ1) is 9.65. The lowest BCUT2D eigenvalue weighted by Crippen LogP contribution is -2.10. The maximum Gasteiger partial charge on any atom is 0.313 e. The molecule has 1 aromatic carbocycles. The first-order valence-electron chi connectivity index (χ1n) is 6.25. The molecule has 2 heterocycles. The van der Waals surface area contributed by atoms with Crippen LogP contribution in [0.4, 0.5) is 0 Å². The average Bonchev–Trinajstić information content (AvgIpc) is 3.02. The normalized spacial score (nSPS) is 18.8. The highest BCUT2D eigenvalue weighted by atomic mass is 35.5. The lowest BCUT2D eigenvalue weighted by Gasteiger charge is -2.15. The lowest BCUT2D eigenvalue weighted by atomic mass is 10.2. The number of carbonyl (C=O) groups is 1. The summed E-state index contributed by atoms with van der Waals surface area (Å²) in [4.78, 5) is 15.4. The third kappa shape index (κ3) is 2.77. The van der Waals surface area contributed by atoms with Gasteiger partial charge in [-0.15, -0.1) is 0 Å². The van der Waals surface area contributed by atoms with Crippen LogP contribution in [0.5, 0.6) is 0 Å². The van der Waals surface area contributed by atoms with Crippen LogP contribution in [-0.4, -0.2) is 37.9 Å². The number of nitrogens with zero attached hydrogens (tertiary/aromatic N) is 2. The van der Waals surface area contributed by atoms with Gasteiger partial charge in [-0.05, 0) is 30.4 Å². The topological polar surface area (TPSA) is 55.1 Å². The summed E-state index contributed by atoms with van der Waals surface area (Å²) in [6.07, 6.45) is 1.09. The zero-order chi connectivity index (χ0) is 14.1. The van der Waals surface area contributed by atoms with E-state index in [9.17, 15) is 4.79 Å². The molecule has 1 aliphatic rings. The van der Waals surface area contributed by atoms with Crippen molar-refractivity contribution in [1.82, 2.24) is 9.55 Å². The van der Waals surface area contributed by atoms with Crippen LogP contribution in [0, 0.1) is 0 Å². The molecular formula is C13H13ClN2O2S2. The Bertz CT molecular complexity index is 653. The van der Waals surface area contributed by atoms with E-state index in [1.807, 2.05) is 30.0 Å². The van der Waals surface area contributed by atoms with Crippen molar-refractivity contribution in [2.24, 2.45) is 0 Å². The molecule has 1 saturated heterocycles. The molecule has 0 aliphatic carbocycles. The number of imidazole rings is 1. The van der Waals surface area contributed by atoms with Crippen LogP contribution in [0.2, 0.25) is 5.02 Å². The number of fused-ring (bicyclic) bond motifs is 1. The van der Waals surface area contributed by atoms with Gasteiger partial charge >= 0.3 is 5.97 Å². The molecule has 2 aromatic rings.